The fraction of sp³-hybridized carbons (Fsp3) is 0.333. The summed E-state index contributed by atoms with van der Waals surface area (Å²) >= 11 is 0. The molecule has 0 spiro atoms. The second-order valence-corrected chi connectivity index (χ2v) is 9.97. The van der Waals surface area contributed by atoms with Crippen molar-refractivity contribution in [2.75, 3.05) is 0 Å². The van der Waals surface area contributed by atoms with E-state index >= 15 is 0 Å². The molecule has 1 aliphatic rings. The number of fused-ring (bicyclic) bond motifs is 3. The molecule has 138 valence electrons. The zero-order valence-electron chi connectivity index (χ0n) is 17.5. The van der Waals surface area contributed by atoms with E-state index in [2.05, 4.69) is 102 Å². The van der Waals surface area contributed by atoms with Gasteiger partial charge in [0.2, 0.25) is 0 Å². The molecule has 0 heterocycles. The molecule has 0 unspecified atom stereocenters. The molecule has 0 heteroatoms. The minimum Gasteiger partial charge on any atom is -0.0622 e. The lowest BCUT2D eigenvalue weighted by Gasteiger charge is -2.25. The van der Waals surface area contributed by atoms with Crippen LogP contribution in [0.15, 0.2) is 60.7 Å². The maximum Gasteiger partial charge on any atom is -0.00132 e. The van der Waals surface area contributed by atoms with E-state index in [0.717, 1.165) is 6.42 Å². The van der Waals surface area contributed by atoms with Gasteiger partial charge < -0.3 is 0 Å². The van der Waals surface area contributed by atoms with Gasteiger partial charge in [0, 0.05) is 0 Å². The summed E-state index contributed by atoms with van der Waals surface area (Å²) in [6.07, 6.45) is 1.04. The standard InChI is InChI=1S/C27H30/c1-26(2,3)21-13-12-19-14-20-15-24(18-10-8-7-9-11-18)25(27(4,5)6)17-23(20)22(19)16-21/h7-13,15-17H,14H2,1-6H3. The molecule has 0 bridgehead atoms. The van der Waals surface area contributed by atoms with Gasteiger partial charge >= 0.3 is 0 Å². The van der Waals surface area contributed by atoms with Crippen LogP contribution in [0.1, 0.15) is 63.8 Å². The average molecular weight is 355 g/mol. The van der Waals surface area contributed by atoms with Gasteiger partial charge in [-0.05, 0) is 73.9 Å². The zero-order valence-corrected chi connectivity index (χ0v) is 17.5. The van der Waals surface area contributed by atoms with Crippen molar-refractivity contribution in [3.8, 4) is 22.3 Å². The predicted molar refractivity (Wildman–Crippen MR) is 118 cm³/mol. The molecule has 0 radical (unpaired) electrons. The molecule has 0 saturated carbocycles. The molecule has 0 saturated heterocycles. The van der Waals surface area contributed by atoms with Crippen molar-refractivity contribution in [1.82, 2.24) is 0 Å². The molecular weight excluding hydrogens is 324 g/mol. The van der Waals surface area contributed by atoms with Crippen molar-refractivity contribution < 1.29 is 0 Å². The second kappa shape index (κ2) is 6.09. The first-order valence-electron chi connectivity index (χ1n) is 10.0. The fourth-order valence-corrected chi connectivity index (χ4v) is 4.17. The van der Waals surface area contributed by atoms with Crippen molar-refractivity contribution in [2.45, 2.75) is 58.8 Å². The SMILES string of the molecule is CC(C)(C)c1ccc2c(c1)-c1cc(C(C)(C)C)c(-c3ccccc3)cc1C2. The Balaban J connectivity index is 1.93. The molecule has 3 aromatic rings. The van der Waals surface area contributed by atoms with Crippen LogP contribution in [0.5, 0.6) is 0 Å². The summed E-state index contributed by atoms with van der Waals surface area (Å²) in [6.45, 7) is 13.9. The van der Waals surface area contributed by atoms with Gasteiger partial charge in [-0.2, -0.15) is 0 Å². The number of benzene rings is 3. The maximum atomic E-state index is 2.47. The van der Waals surface area contributed by atoms with Gasteiger partial charge in [-0.3, -0.25) is 0 Å². The van der Waals surface area contributed by atoms with E-state index < -0.39 is 0 Å². The predicted octanol–water partition coefficient (Wildman–Crippen LogP) is 7.52. The summed E-state index contributed by atoms with van der Waals surface area (Å²) in [5.41, 5.74) is 11.6. The van der Waals surface area contributed by atoms with Crippen molar-refractivity contribution in [3.63, 3.8) is 0 Å². The van der Waals surface area contributed by atoms with Crippen LogP contribution < -0.4 is 0 Å². The van der Waals surface area contributed by atoms with Gasteiger partial charge in [0.15, 0.2) is 0 Å². The largest absolute Gasteiger partial charge is 0.0622 e. The van der Waals surface area contributed by atoms with Gasteiger partial charge in [-0.15, -0.1) is 0 Å². The normalized spacial score (nSPS) is 13.4. The molecule has 4 rings (SSSR count). The summed E-state index contributed by atoms with van der Waals surface area (Å²) in [5, 5.41) is 0. The first-order chi connectivity index (χ1) is 12.6. The molecular formula is C27H30. The van der Waals surface area contributed by atoms with E-state index in [1.165, 1.54) is 44.5 Å². The van der Waals surface area contributed by atoms with Gasteiger partial charge in [-0.1, -0.05) is 90.1 Å². The van der Waals surface area contributed by atoms with Gasteiger partial charge in [0.1, 0.15) is 0 Å². The Morgan fingerprint density at radius 1 is 0.593 bits per heavy atom. The second-order valence-electron chi connectivity index (χ2n) is 9.97. The Labute approximate surface area is 164 Å². The molecule has 0 amide bonds. The van der Waals surface area contributed by atoms with E-state index in [9.17, 15) is 0 Å². The van der Waals surface area contributed by atoms with Crippen molar-refractivity contribution in [2.24, 2.45) is 0 Å². The lowest BCUT2D eigenvalue weighted by Crippen LogP contribution is -2.13. The summed E-state index contributed by atoms with van der Waals surface area (Å²) in [7, 11) is 0. The highest BCUT2D eigenvalue weighted by Gasteiger charge is 2.27. The van der Waals surface area contributed by atoms with Crippen LogP contribution in [0.4, 0.5) is 0 Å². The summed E-state index contributed by atoms with van der Waals surface area (Å²) in [5.74, 6) is 0. The monoisotopic (exact) mass is 354 g/mol. The van der Waals surface area contributed by atoms with Gasteiger partial charge in [-0.25, -0.2) is 0 Å². The Morgan fingerprint density at radius 3 is 1.89 bits per heavy atom. The van der Waals surface area contributed by atoms with Crippen LogP contribution in [0, 0.1) is 0 Å². The molecule has 0 atom stereocenters. The van der Waals surface area contributed by atoms with Crippen LogP contribution in [-0.4, -0.2) is 0 Å². The van der Waals surface area contributed by atoms with Crippen LogP contribution >= 0.6 is 0 Å². The number of rotatable bonds is 1. The topological polar surface area (TPSA) is 0 Å². The molecule has 3 aromatic carbocycles. The van der Waals surface area contributed by atoms with E-state index in [4.69, 9.17) is 0 Å². The fourth-order valence-electron chi connectivity index (χ4n) is 4.17. The summed E-state index contributed by atoms with van der Waals surface area (Å²) in [6, 6.07) is 22.8. The molecule has 1 aliphatic carbocycles. The first-order valence-corrected chi connectivity index (χ1v) is 10.0. The quantitative estimate of drug-likeness (QED) is 0.331. The third-order valence-electron chi connectivity index (χ3n) is 5.78. The Hall–Kier alpha value is -2.34. The zero-order chi connectivity index (χ0) is 19.4. The van der Waals surface area contributed by atoms with E-state index in [0.29, 0.717) is 0 Å². The van der Waals surface area contributed by atoms with Crippen LogP contribution in [0.25, 0.3) is 22.3 Å². The number of hydrogen-bond acceptors (Lipinski definition) is 0. The molecule has 0 N–H and O–H groups in total. The maximum absolute atomic E-state index is 2.47. The van der Waals surface area contributed by atoms with Gasteiger partial charge in [0.05, 0.1) is 0 Å². The third kappa shape index (κ3) is 3.23. The highest BCUT2D eigenvalue weighted by molar-refractivity contribution is 5.83. The van der Waals surface area contributed by atoms with Crippen molar-refractivity contribution in [3.05, 3.63) is 82.9 Å². The van der Waals surface area contributed by atoms with Gasteiger partial charge in [0.25, 0.3) is 0 Å². The van der Waals surface area contributed by atoms with Crippen molar-refractivity contribution >= 4 is 0 Å². The smallest absolute Gasteiger partial charge is 0.00132 e. The molecule has 0 nitrogen and oxygen atoms in total. The summed E-state index contributed by atoms with van der Waals surface area (Å²) < 4.78 is 0. The van der Waals surface area contributed by atoms with Crippen molar-refractivity contribution in [1.29, 1.82) is 0 Å². The highest BCUT2D eigenvalue weighted by atomic mass is 14.3. The van der Waals surface area contributed by atoms with E-state index in [1.807, 2.05) is 0 Å². The third-order valence-corrected chi connectivity index (χ3v) is 5.78. The minimum absolute atomic E-state index is 0.102. The lowest BCUT2D eigenvalue weighted by atomic mass is 9.79. The average Bonchev–Trinajstić information content (AvgIpc) is 2.97. The van der Waals surface area contributed by atoms with E-state index in [1.54, 1.807) is 0 Å². The highest BCUT2D eigenvalue weighted by Crippen LogP contribution is 2.44. The minimum atomic E-state index is 0.102. The lowest BCUT2D eigenvalue weighted by molar-refractivity contribution is 0.590. The van der Waals surface area contributed by atoms with Crippen LogP contribution in [-0.2, 0) is 17.3 Å². The molecule has 0 fully saturated rings. The molecule has 27 heavy (non-hydrogen) atoms. The molecule has 0 aromatic heterocycles. The summed E-state index contributed by atoms with van der Waals surface area (Å²) in [4.78, 5) is 0. The van der Waals surface area contributed by atoms with Crippen LogP contribution in [0.2, 0.25) is 0 Å². The Kier molecular flexibility index (Phi) is 4.07. The Morgan fingerprint density at radius 2 is 1.26 bits per heavy atom. The molecule has 0 aliphatic heterocycles. The first kappa shape index (κ1) is 18.0. The Bertz CT molecular complexity index is 993. The number of hydrogen-bond donors (Lipinski definition) is 0. The van der Waals surface area contributed by atoms with E-state index in [-0.39, 0.29) is 10.8 Å². The van der Waals surface area contributed by atoms with Crippen LogP contribution in [0.3, 0.4) is 0 Å².